The van der Waals surface area contributed by atoms with Gasteiger partial charge in [-0.25, -0.2) is 4.79 Å². The van der Waals surface area contributed by atoms with Crippen LogP contribution >= 0.6 is 0 Å². The van der Waals surface area contributed by atoms with E-state index in [-0.39, 0.29) is 31.8 Å². The number of amides is 3. The standard InChI is InChI=1S/C20H35N7O9/c1-9(2)15(19(35)36)27-18(34)12(8-14(30)31)26-17(33)11(4-3-7-24-20(22)23)25-16(32)10(21)5-6-13(28)29/h9-12,15H,3-8,21H2,1-2H3,(H,25,32)(H,26,33)(H,27,34)(H,28,29)(H,30,31)(H,35,36)(H4,22,23,24). The smallest absolute Gasteiger partial charge is 0.326 e. The largest absolute Gasteiger partial charge is 0.481 e. The summed E-state index contributed by atoms with van der Waals surface area (Å²) in [5, 5.41) is 33.9. The molecule has 4 unspecified atom stereocenters. The summed E-state index contributed by atoms with van der Waals surface area (Å²) in [6.07, 6.45) is -1.33. The molecule has 0 saturated carbocycles. The van der Waals surface area contributed by atoms with Crippen LogP contribution in [0, 0.1) is 5.92 Å². The molecule has 0 aromatic heterocycles. The average molecular weight is 518 g/mol. The van der Waals surface area contributed by atoms with E-state index in [9.17, 15) is 33.9 Å². The molecule has 16 nitrogen and oxygen atoms in total. The van der Waals surface area contributed by atoms with Gasteiger partial charge in [-0.3, -0.25) is 29.0 Å². The summed E-state index contributed by atoms with van der Waals surface area (Å²) >= 11 is 0. The number of carbonyl (C=O) groups is 6. The van der Waals surface area contributed by atoms with Crippen LogP contribution in [-0.4, -0.2) is 87.6 Å². The normalized spacial score (nSPS) is 14.0. The van der Waals surface area contributed by atoms with Gasteiger partial charge in [0.2, 0.25) is 17.7 Å². The highest BCUT2D eigenvalue weighted by atomic mass is 16.4. The first-order chi connectivity index (χ1) is 16.6. The molecule has 36 heavy (non-hydrogen) atoms. The van der Waals surface area contributed by atoms with Crippen LogP contribution in [-0.2, 0) is 28.8 Å². The monoisotopic (exact) mass is 517 g/mol. The van der Waals surface area contributed by atoms with E-state index in [1.165, 1.54) is 13.8 Å². The number of guanidine groups is 1. The Balaban J connectivity index is 5.62. The van der Waals surface area contributed by atoms with Crippen molar-refractivity contribution in [3.8, 4) is 0 Å². The molecule has 0 aliphatic carbocycles. The number of carboxylic acid groups (broad SMARTS) is 3. The summed E-state index contributed by atoms with van der Waals surface area (Å²) < 4.78 is 0. The molecule has 0 heterocycles. The molecule has 12 N–H and O–H groups in total. The predicted octanol–water partition coefficient (Wildman–Crippen LogP) is -3.10. The zero-order chi connectivity index (χ0) is 28.0. The van der Waals surface area contributed by atoms with Crippen LogP contribution in [0.2, 0.25) is 0 Å². The number of nitrogens with zero attached hydrogens (tertiary/aromatic N) is 1. The lowest BCUT2D eigenvalue weighted by molar-refractivity contribution is -0.144. The van der Waals surface area contributed by atoms with E-state index in [0.29, 0.717) is 0 Å². The van der Waals surface area contributed by atoms with Gasteiger partial charge in [0.15, 0.2) is 5.96 Å². The minimum atomic E-state index is -1.66. The first kappa shape index (κ1) is 32.0. The van der Waals surface area contributed by atoms with Gasteiger partial charge in [-0.05, 0) is 25.2 Å². The second kappa shape index (κ2) is 15.9. The highest BCUT2D eigenvalue weighted by molar-refractivity contribution is 5.95. The number of aliphatic imine (C=N–C) groups is 1. The second-order valence-electron chi connectivity index (χ2n) is 8.28. The van der Waals surface area contributed by atoms with E-state index in [1.54, 1.807) is 0 Å². The maximum Gasteiger partial charge on any atom is 0.326 e. The van der Waals surface area contributed by atoms with E-state index < -0.39 is 78.6 Å². The van der Waals surface area contributed by atoms with Crippen LogP contribution < -0.4 is 33.2 Å². The zero-order valence-corrected chi connectivity index (χ0v) is 20.1. The van der Waals surface area contributed by atoms with Crippen LogP contribution in [0.3, 0.4) is 0 Å². The van der Waals surface area contributed by atoms with Crippen molar-refractivity contribution in [2.24, 2.45) is 28.1 Å². The molecule has 0 bridgehead atoms. The van der Waals surface area contributed by atoms with Crippen molar-refractivity contribution >= 4 is 41.6 Å². The Bertz CT molecular complexity index is 843. The summed E-state index contributed by atoms with van der Waals surface area (Å²) in [5.74, 6) is -7.55. The third-order valence-electron chi connectivity index (χ3n) is 4.83. The summed E-state index contributed by atoms with van der Waals surface area (Å²) in [6, 6.07) is -5.57. The van der Waals surface area contributed by atoms with Crippen molar-refractivity contribution in [3.63, 3.8) is 0 Å². The topological polar surface area (TPSA) is 290 Å². The number of carbonyl (C=O) groups excluding carboxylic acids is 3. The van der Waals surface area contributed by atoms with Crippen molar-refractivity contribution in [2.75, 3.05) is 6.54 Å². The number of hydrogen-bond donors (Lipinski definition) is 9. The molecule has 0 aliphatic heterocycles. The predicted molar refractivity (Wildman–Crippen MR) is 125 cm³/mol. The lowest BCUT2D eigenvalue weighted by atomic mass is 10.0. The molecule has 16 heteroatoms. The number of nitrogens with two attached hydrogens (primary N) is 3. The van der Waals surface area contributed by atoms with Crippen molar-refractivity contribution in [1.29, 1.82) is 0 Å². The number of carboxylic acids is 3. The van der Waals surface area contributed by atoms with Crippen molar-refractivity contribution in [2.45, 2.75) is 70.1 Å². The number of hydrogen-bond acceptors (Lipinski definition) is 8. The molecule has 0 fully saturated rings. The van der Waals surface area contributed by atoms with E-state index in [2.05, 4.69) is 20.9 Å². The van der Waals surface area contributed by atoms with Gasteiger partial charge >= 0.3 is 17.9 Å². The Morgan fingerprint density at radius 3 is 1.83 bits per heavy atom. The van der Waals surface area contributed by atoms with E-state index >= 15 is 0 Å². The summed E-state index contributed by atoms with van der Waals surface area (Å²) in [4.78, 5) is 75.0. The van der Waals surface area contributed by atoms with Gasteiger partial charge in [0.25, 0.3) is 0 Å². The number of rotatable bonds is 17. The summed E-state index contributed by atoms with van der Waals surface area (Å²) in [7, 11) is 0. The molecule has 0 aromatic rings. The van der Waals surface area contributed by atoms with Crippen molar-refractivity contribution < 1.29 is 44.1 Å². The lowest BCUT2D eigenvalue weighted by Gasteiger charge is -2.25. The van der Waals surface area contributed by atoms with Gasteiger partial charge in [-0.2, -0.15) is 0 Å². The second-order valence-corrected chi connectivity index (χ2v) is 8.28. The molecule has 0 radical (unpaired) electrons. The summed E-state index contributed by atoms with van der Waals surface area (Å²) in [5.41, 5.74) is 16.2. The molecule has 204 valence electrons. The van der Waals surface area contributed by atoms with Gasteiger partial charge in [-0.15, -0.1) is 0 Å². The fraction of sp³-hybridized carbons (Fsp3) is 0.650. The van der Waals surface area contributed by atoms with E-state index in [0.717, 1.165) is 0 Å². The van der Waals surface area contributed by atoms with E-state index in [4.69, 9.17) is 27.4 Å². The van der Waals surface area contributed by atoms with Crippen LogP contribution in [0.25, 0.3) is 0 Å². The third kappa shape index (κ3) is 13.1. The van der Waals surface area contributed by atoms with Crippen molar-refractivity contribution in [3.05, 3.63) is 0 Å². The minimum Gasteiger partial charge on any atom is -0.481 e. The van der Waals surface area contributed by atoms with Crippen LogP contribution in [0.5, 0.6) is 0 Å². The minimum absolute atomic E-state index is 0.0504. The van der Waals surface area contributed by atoms with Gasteiger partial charge in [0.1, 0.15) is 18.1 Å². The number of aliphatic carboxylic acids is 3. The molecule has 0 rings (SSSR count). The molecule has 0 spiro atoms. The maximum absolute atomic E-state index is 12.9. The molecule has 0 saturated heterocycles. The van der Waals surface area contributed by atoms with Gasteiger partial charge in [0, 0.05) is 13.0 Å². The average Bonchev–Trinajstić information content (AvgIpc) is 2.75. The van der Waals surface area contributed by atoms with Crippen LogP contribution in [0.15, 0.2) is 4.99 Å². The van der Waals surface area contributed by atoms with E-state index in [1.807, 2.05) is 0 Å². The Morgan fingerprint density at radius 1 is 0.806 bits per heavy atom. The molecular weight excluding hydrogens is 482 g/mol. The molecule has 0 aromatic carbocycles. The molecule has 3 amide bonds. The fourth-order valence-electron chi connectivity index (χ4n) is 2.88. The third-order valence-corrected chi connectivity index (χ3v) is 4.83. The van der Waals surface area contributed by atoms with Gasteiger partial charge in [-0.1, -0.05) is 13.8 Å². The Labute approximate surface area is 207 Å². The highest BCUT2D eigenvalue weighted by Gasteiger charge is 2.32. The molecule has 4 atom stereocenters. The van der Waals surface area contributed by atoms with Crippen LogP contribution in [0.1, 0.15) is 46.0 Å². The van der Waals surface area contributed by atoms with Crippen LogP contribution in [0.4, 0.5) is 0 Å². The Morgan fingerprint density at radius 2 is 1.36 bits per heavy atom. The quantitative estimate of drug-likeness (QED) is 0.0526. The zero-order valence-electron chi connectivity index (χ0n) is 20.1. The Kier molecular flexibility index (Phi) is 14.1. The fourth-order valence-corrected chi connectivity index (χ4v) is 2.88. The molecule has 0 aliphatic rings. The first-order valence-corrected chi connectivity index (χ1v) is 11.0. The lowest BCUT2D eigenvalue weighted by Crippen LogP contribution is -2.58. The maximum atomic E-state index is 12.9. The SMILES string of the molecule is CC(C)C(NC(=O)C(CC(=O)O)NC(=O)C(CCCN=C(N)N)NC(=O)C(N)CCC(=O)O)C(=O)O. The van der Waals surface area contributed by atoms with Gasteiger partial charge in [0.05, 0.1) is 12.5 Å². The number of nitrogens with one attached hydrogen (secondary N) is 3. The highest BCUT2D eigenvalue weighted by Crippen LogP contribution is 2.06. The van der Waals surface area contributed by atoms with Crippen molar-refractivity contribution in [1.82, 2.24) is 16.0 Å². The summed E-state index contributed by atoms with van der Waals surface area (Å²) in [6.45, 7) is 3.14. The first-order valence-electron chi connectivity index (χ1n) is 11.0. The Hall–Kier alpha value is -3.95. The molecular formula is C20H35N7O9. The van der Waals surface area contributed by atoms with Gasteiger partial charge < -0.3 is 48.5 Å².